The van der Waals surface area contributed by atoms with Crippen molar-refractivity contribution in [3.63, 3.8) is 0 Å². The van der Waals surface area contributed by atoms with E-state index >= 15 is 0 Å². The number of anilines is 2. The third-order valence-electron chi connectivity index (χ3n) is 9.96. The van der Waals surface area contributed by atoms with Crippen LogP contribution in [0.15, 0.2) is 114 Å². The molecule has 5 aromatic carbocycles. The summed E-state index contributed by atoms with van der Waals surface area (Å²) in [4.78, 5) is 6.88. The van der Waals surface area contributed by atoms with Gasteiger partial charge in [-0.1, -0.05) is 140 Å². The Morgan fingerprint density at radius 3 is 2.27 bits per heavy atom. The molecule has 1 aliphatic rings. The quantitative estimate of drug-likeness (QED) is 0.113. The molecule has 0 amide bonds. The molecule has 0 spiro atoms. The summed E-state index contributed by atoms with van der Waals surface area (Å²) in [5.74, 6) is 0.538. The second-order valence-electron chi connectivity index (χ2n) is 16.2. The summed E-state index contributed by atoms with van der Waals surface area (Å²) in [6, 6.07) is 36.2. The number of fused-ring (bicyclic) bond motifs is 4. The average molecular weight is 940 g/mol. The fourth-order valence-corrected chi connectivity index (χ4v) is 8.69. The van der Waals surface area contributed by atoms with E-state index in [9.17, 15) is 0 Å². The van der Waals surface area contributed by atoms with Gasteiger partial charge in [-0.25, -0.2) is 0 Å². The predicted octanol–water partition coefficient (Wildman–Crippen LogP) is 14.1. The predicted molar refractivity (Wildman–Crippen MR) is 236 cm³/mol. The molecule has 0 saturated carbocycles. The van der Waals surface area contributed by atoms with Gasteiger partial charge in [-0.2, -0.15) is 17.7 Å². The number of furan rings is 1. The molecule has 1 aliphatic heterocycles. The first-order valence-corrected chi connectivity index (χ1v) is 22.7. The monoisotopic (exact) mass is 940 g/mol. The van der Waals surface area contributed by atoms with Crippen molar-refractivity contribution in [3.8, 4) is 11.3 Å². The van der Waals surface area contributed by atoms with E-state index in [2.05, 4.69) is 130 Å². The number of aromatic nitrogens is 1. The summed E-state index contributed by atoms with van der Waals surface area (Å²) in [7, 11) is -1.87. The Kier molecular flexibility index (Phi) is 9.86. The van der Waals surface area contributed by atoms with Gasteiger partial charge in [0.05, 0.1) is 8.07 Å². The fraction of sp³-hybridized carbons (Fsp3) is 0.300. The second-order valence-corrected chi connectivity index (χ2v) is 21.3. The van der Waals surface area contributed by atoms with Gasteiger partial charge in [0.1, 0.15) is 5.58 Å². The Hall–Kier alpha value is -4.48. The smallest absolute Gasteiger partial charge is 0.661 e. The van der Waals surface area contributed by atoms with Crippen molar-refractivity contribution in [3.05, 3.63) is 155 Å². The largest absolute Gasteiger partial charge is 3.00 e. The number of nitrogens with zero attached hydrogens (tertiary/aromatic N) is 3. The van der Waals surface area contributed by atoms with Gasteiger partial charge in [-0.3, -0.25) is 0 Å². The first-order valence-electron chi connectivity index (χ1n) is 22.7. The van der Waals surface area contributed by atoms with Crippen LogP contribution >= 0.6 is 0 Å². The van der Waals surface area contributed by atoms with Crippen molar-refractivity contribution in [2.45, 2.75) is 92.4 Å². The van der Waals surface area contributed by atoms with E-state index in [1.807, 2.05) is 32.0 Å². The van der Waals surface area contributed by atoms with Crippen LogP contribution in [-0.4, -0.2) is 13.1 Å². The molecule has 0 bridgehead atoms. The molecular weight excluding hydrogens is 879 g/mol. The summed E-state index contributed by atoms with van der Waals surface area (Å²) >= 11 is 0. The molecule has 4 nitrogen and oxygen atoms in total. The van der Waals surface area contributed by atoms with Gasteiger partial charge in [0, 0.05) is 38.1 Å². The van der Waals surface area contributed by atoms with E-state index in [-0.39, 0.29) is 49.8 Å². The Morgan fingerprint density at radius 2 is 1.59 bits per heavy atom. The van der Waals surface area contributed by atoms with E-state index < -0.39 is 21.3 Å². The molecule has 0 N–H and O–H groups in total. The Morgan fingerprint density at radius 1 is 0.875 bits per heavy atom. The minimum atomic E-state index is -2.56. The molecule has 288 valence electrons. The maximum absolute atomic E-state index is 8.60. The molecule has 8 rings (SSSR count). The Labute approximate surface area is 359 Å². The van der Waals surface area contributed by atoms with Crippen LogP contribution in [0.1, 0.15) is 97.0 Å². The van der Waals surface area contributed by atoms with E-state index in [4.69, 9.17) is 19.3 Å². The number of rotatable bonds is 8. The van der Waals surface area contributed by atoms with Crippen LogP contribution in [0.25, 0.3) is 38.5 Å². The van der Waals surface area contributed by atoms with Gasteiger partial charge in [0.25, 0.3) is 0 Å². The number of benzene rings is 5. The summed E-state index contributed by atoms with van der Waals surface area (Å²) in [5, 5.41) is 8.37. The molecule has 6 heteroatoms. The van der Waals surface area contributed by atoms with E-state index in [1.165, 1.54) is 22.9 Å². The zero-order valence-corrected chi connectivity index (χ0v) is 37.0. The average Bonchev–Trinajstić information content (AvgIpc) is 3.77. The minimum Gasteiger partial charge on any atom is -0.661 e. The number of hydrogen-bond acceptors (Lipinski definition) is 3. The van der Waals surface area contributed by atoms with Crippen molar-refractivity contribution < 1.29 is 34.1 Å². The van der Waals surface area contributed by atoms with Gasteiger partial charge in [0.2, 0.25) is 0 Å². The van der Waals surface area contributed by atoms with E-state index in [1.54, 1.807) is 12.3 Å². The molecule has 56 heavy (non-hydrogen) atoms. The number of para-hydroxylation sites is 4. The van der Waals surface area contributed by atoms with Gasteiger partial charge in [-0.05, 0) is 64.4 Å². The normalized spacial score (nSPS) is 16.2. The molecule has 0 saturated heterocycles. The summed E-state index contributed by atoms with van der Waals surface area (Å²) in [5.41, 5.74) is 9.88. The molecule has 0 aliphatic carbocycles. The molecule has 7 aromatic rings. The zero-order valence-electron chi connectivity index (χ0n) is 40.6. The van der Waals surface area contributed by atoms with Crippen molar-refractivity contribution in [1.82, 2.24) is 4.98 Å². The number of pyridine rings is 1. The Bertz CT molecular complexity index is 2730. The molecule has 1 atom stereocenters. The van der Waals surface area contributed by atoms with Crippen LogP contribution in [0.3, 0.4) is 0 Å². The van der Waals surface area contributed by atoms with Gasteiger partial charge in [-0.15, -0.1) is 47.1 Å². The zero-order chi connectivity index (χ0) is 45.1. The van der Waals surface area contributed by atoms with Crippen LogP contribution in [0.4, 0.5) is 17.1 Å². The van der Waals surface area contributed by atoms with Gasteiger partial charge in [0.15, 0.2) is 0 Å². The molecule has 0 fully saturated rings. The van der Waals surface area contributed by atoms with Crippen LogP contribution in [0, 0.1) is 24.9 Å². The SMILES string of the molecule is CC(C)c1cccc(C(C)C)c1N1c2ccccc2[N-]C1c1[c-]cc2oc3ccccc3c2c1.[2H]c1[c-]c(-c2cc(C([2H])([2H])C(C)C)c([Si](C)(C)C)cn2)cc([2H])c1C([2H])([2H])[2H].[Ir+3]. The van der Waals surface area contributed by atoms with Crippen molar-refractivity contribution in [2.24, 2.45) is 5.92 Å². The van der Waals surface area contributed by atoms with Crippen molar-refractivity contribution in [1.29, 1.82) is 0 Å². The van der Waals surface area contributed by atoms with E-state index in [0.29, 0.717) is 28.7 Å². The van der Waals surface area contributed by atoms with Crippen LogP contribution in [0.2, 0.25) is 19.6 Å². The minimum absolute atomic E-state index is 0. The first-order chi connectivity index (χ1) is 29.1. The summed E-state index contributed by atoms with van der Waals surface area (Å²) < 4.78 is 61.8. The molecular formula is C50H54IrN3OSi. The summed E-state index contributed by atoms with van der Waals surface area (Å²) in [6.45, 7) is 16.6. The Balaban J connectivity index is 0.000000211. The molecule has 0 radical (unpaired) electrons. The molecule has 1 unspecified atom stereocenters. The topological polar surface area (TPSA) is 43.4 Å². The molecule has 3 heterocycles. The maximum Gasteiger partial charge on any atom is 3.00 e. The third-order valence-corrected chi connectivity index (χ3v) is 12.0. The summed E-state index contributed by atoms with van der Waals surface area (Å²) in [6.07, 6.45) is -0.0668. The van der Waals surface area contributed by atoms with Crippen molar-refractivity contribution in [2.75, 3.05) is 4.90 Å². The second kappa shape index (κ2) is 16.9. The number of hydrogen-bond donors (Lipinski definition) is 0. The third kappa shape index (κ3) is 8.44. The van der Waals surface area contributed by atoms with Gasteiger partial charge >= 0.3 is 20.1 Å². The van der Waals surface area contributed by atoms with Crippen molar-refractivity contribution >= 4 is 52.3 Å². The maximum atomic E-state index is 8.60. The van der Waals surface area contributed by atoms with Crippen LogP contribution < -0.4 is 10.1 Å². The van der Waals surface area contributed by atoms with Crippen LogP contribution in [0.5, 0.6) is 0 Å². The molecule has 2 aromatic heterocycles. The standard InChI is InChI=1S/C31H28N2O.C19H26NSi.Ir/c1-19(2)22-11-9-12-23(20(3)4)30(22)33-27-14-7-6-13-26(27)32-31(33)21-16-17-29-25(18-21)24-10-5-8-15-28(24)34-29;1-14(2)11-17-12-18(16-9-7-15(3)8-10-16)20-13-19(17)21(4,5)6;/h5-15,17-20,31H,1-4H3;7-9,12-14H,11H2,1-6H3;/q-2;-1;+3/i;3D3,7D,8D,11D2;. The van der Waals surface area contributed by atoms with E-state index in [0.717, 1.165) is 44.1 Å². The van der Waals surface area contributed by atoms with Gasteiger partial charge < -0.3 is 19.6 Å². The van der Waals surface area contributed by atoms with Crippen LogP contribution in [-0.2, 0) is 26.5 Å². The first kappa shape index (κ1) is 32.6. The fourth-order valence-electron chi connectivity index (χ4n) is 7.29.